The molecule has 0 aliphatic carbocycles. The Bertz CT molecular complexity index is 473. The third kappa shape index (κ3) is 2.02. The molecule has 16 heavy (non-hydrogen) atoms. The minimum absolute atomic E-state index is 0.327. The SMILES string of the molecule is NNC(c1ccoc1)c1cccc(Br)c1F. The van der Waals surface area contributed by atoms with E-state index in [1.165, 1.54) is 12.5 Å². The Morgan fingerprint density at radius 2 is 2.19 bits per heavy atom. The van der Waals surface area contributed by atoms with E-state index in [2.05, 4.69) is 21.4 Å². The van der Waals surface area contributed by atoms with E-state index in [-0.39, 0.29) is 5.82 Å². The molecule has 0 saturated heterocycles. The lowest BCUT2D eigenvalue weighted by Crippen LogP contribution is -2.29. The molecule has 2 aromatic rings. The molecule has 1 atom stereocenters. The zero-order valence-corrected chi connectivity index (χ0v) is 9.87. The number of halogens is 2. The molecule has 0 saturated carbocycles. The van der Waals surface area contributed by atoms with Gasteiger partial charge in [-0.25, -0.2) is 9.82 Å². The van der Waals surface area contributed by atoms with Gasteiger partial charge in [0.2, 0.25) is 0 Å². The van der Waals surface area contributed by atoms with Crippen molar-refractivity contribution in [3.8, 4) is 0 Å². The van der Waals surface area contributed by atoms with Gasteiger partial charge < -0.3 is 4.42 Å². The maximum Gasteiger partial charge on any atom is 0.142 e. The van der Waals surface area contributed by atoms with Gasteiger partial charge in [-0.15, -0.1) is 0 Å². The van der Waals surface area contributed by atoms with Gasteiger partial charge in [-0.3, -0.25) is 5.84 Å². The molecule has 1 aromatic carbocycles. The Labute approximate surface area is 101 Å². The number of hydrogen-bond donors (Lipinski definition) is 2. The van der Waals surface area contributed by atoms with Crippen LogP contribution in [-0.2, 0) is 0 Å². The van der Waals surface area contributed by atoms with Crippen LogP contribution in [0.25, 0.3) is 0 Å². The molecule has 0 radical (unpaired) electrons. The summed E-state index contributed by atoms with van der Waals surface area (Å²) >= 11 is 3.14. The highest BCUT2D eigenvalue weighted by atomic mass is 79.9. The van der Waals surface area contributed by atoms with Crippen LogP contribution in [0.3, 0.4) is 0 Å². The summed E-state index contributed by atoms with van der Waals surface area (Å²) in [6, 6.07) is 6.40. The smallest absolute Gasteiger partial charge is 0.142 e. The number of furan rings is 1. The van der Waals surface area contributed by atoms with Crippen molar-refractivity contribution in [2.45, 2.75) is 6.04 Å². The molecule has 0 fully saturated rings. The van der Waals surface area contributed by atoms with Crippen molar-refractivity contribution in [1.82, 2.24) is 5.43 Å². The summed E-state index contributed by atoms with van der Waals surface area (Å²) in [5.41, 5.74) is 3.82. The molecule has 0 aliphatic rings. The highest BCUT2D eigenvalue weighted by molar-refractivity contribution is 9.10. The normalized spacial score (nSPS) is 12.7. The molecule has 1 aromatic heterocycles. The van der Waals surface area contributed by atoms with Crippen molar-refractivity contribution in [2.75, 3.05) is 0 Å². The second-order valence-corrected chi connectivity index (χ2v) is 4.15. The molecule has 0 aliphatic heterocycles. The number of hydrazine groups is 1. The topological polar surface area (TPSA) is 51.2 Å². The zero-order chi connectivity index (χ0) is 11.5. The standard InChI is InChI=1S/C11H10BrFN2O/c12-9-3-1-2-8(10(9)13)11(15-14)7-4-5-16-6-7/h1-6,11,15H,14H2. The largest absolute Gasteiger partial charge is 0.472 e. The highest BCUT2D eigenvalue weighted by Gasteiger charge is 2.18. The molecule has 5 heteroatoms. The molecule has 1 unspecified atom stereocenters. The second-order valence-electron chi connectivity index (χ2n) is 3.30. The fourth-order valence-corrected chi connectivity index (χ4v) is 1.93. The molecule has 0 bridgehead atoms. The van der Waals surface area contributed by atoms with Crippen LogP contribution in [0.1, 0.15) is 17.2 Å². The Morgan fingerprint density at radius 1 is 1.38 bits per heavy atom. The van der Waals surface area contributed by atoms with Gasteiger partial charge in [-0.1, -0.05) is 12.1 Å². The third-order valence-electron chi connectivity index (χ3n) is 2.34. The summed E-state index contributed by atoms with van der Waals surface area (Å²) in [4.78, 5) is 0. The first kappa shape index (κ1) is 11.3. The Balaban J connectivity index is 2.45. The van der Waals surface area contributed by atoms with Crippen molar-refractivity contribution in [3.63, 3.8) is 0 Å². The van der Waals surface area contributed by atoms with Crippen LogP contribution in [0, 0.1) is 5.82 Å². The van der Waals surface area contributed by atoms with E-state index in [0.29, 0.717) is 10.0 Å². The highest BCUT2D eigenvalue weighted by Crippen LogP contribution is 2.27. The van der Waals surface area contributed by atoms with Crippen LogP contribution >= 0.6 is 15.9 Å². The fourth-order valence-electron chi connectivity index (χ4n) is 1.55. The van der Waals surface area contributed by atoms with Crippen molar-refractivity contribution in [1.29, 1.82) is 0 Å². The number of nitrogens with two attached hydrogens (primary N) is 1. The van der Waals surface area contributed by atoms with Crippen LogP contribution in [-0.4, -0.2) is 0 Å². The van der Waals surface area contributed by atoms with Crippen molar-refractivity contribution in [2.24, 2.45) is 5.84 Å². The molecular weight excluding hydrogens is 275 g/mol. The molecule has 84 valence electrons. The van der Waals surface area contributed by atoms with Crippen LogP contribution in [0.5, 0.6) is 0 Å². The maximum atomic E-state index is 13.9. The van der Waals surface area contributed by atoms with E-state index in [1.807, 2.05) is 0 Å². The van der Waals surface area contributed by atoms with E-state index in [1.54, 1.807) is 24.3 Å². The fraction of sp³-hybridized carbons (Fsp3) is 0.0909. The van der Waals surface area contributed by atoms with Gasteiger partial charge in [0.15, 0.2) is 0 Å². The first-order valence-electron chi connectivity index (χ1n) is 4.66. The minimum atomic E-state index is -0.420. The van der Waals surface area contributed by atoms with Gasteiger partial charge in [0.1, 0.15) is 5.82 Å². The number of rotatable bonds is 3. The first-order chi connectivity index (χ1) is 7.74. The van der Waals surface area contributed by atoms with Gasteiger partial charge in [-0.2, -0.15) is 0 Å². The summed E-state index contributed by atoms with van der Waals surface area (Å²) in [5.74, 6) is 5.11. The molecule has 1 heterocycles. The predicted octanol–water partition coefficient (Wildman–Crippen LogP) is 2.73. The number of benzene rings is 1. The molecule has 0 amide bonds. The van der Waals surface area contributed by atoms with E-state index >= 15 is 0 Å². The van der Waals surface area contributed by atoms with Crippen LogP contribution in [0.4, 0.5) is 4.39 Å². The van der Waals surface area contributed by atoms with Gasteiger partial charge in [0.05, 0.1) is 23.0 Å². The summed E-state index contributed by atoms with van der Waals surface area (Å²) in [6.07, 6.45) is 3.06. The number of nitrogens with one attached hydrogen (secondary N) is 1. The Morgan fingerprint density at radius 3 is 2.81 bits per heavy atom. The van der Waals surface area contributed by atoms with E-state index < -0.39 is 6.04 Å². The van der Waals surface area contributed by atoms with Crippen molar-refractivity contribution >= 4 is 15.9 Å². The molecule has 3 nitrogen and oxygen atoms in total. The van der Waals surface area contributed by atoms with Gasteiger partial charge in [0, 0.05) is 11.1 Å². The van der Waals surface area contributed by atoms with Gasteiger partial charge >= 0.3 is 0 Å². The minimum Gasteiger partial charge on any atom is -0.472 e. The summed E-state index contributed by atoms with van der Waals surface area (Å²) in [5, 5.41) is 0. The molecule has 3 N–H and O–H groups in total. The average Bonchev–Trinajstić information content (AvgIpc) is 2.79. The van der Waals surface area contributed by atoms with E-state index in [4.69, 9.17) is 10.3 Å². The van der Waals surface area contributed by atoms with Crippen molar-refractivity contribution < 1.29 is 8.81 Å². The maximum absolute atomic E-state index is 13.9. The second kappa shape index (κ2) is 4.78. The number of hydrogen-bond acceptors (Lipinski definition) is 3. The van der Waals surface area contributed by atoms with Crippen LogP contribution in [0.2, 0.25) is 0 Å². The first-order valence-corrected chi connectivity index (χ1v) is 5.45. The monoisotopic (exact) mass is 284 g/mol. The quantitative estimate of drug-likeness (QED) is 0.673. The molecule has 2 rings (SSSR count). The Hall–Kier alpha value is -1.17. The van der Waals surface area contributed by atoms with Crippen molar-refractivity contribution in [3.05, 3.63) is 58.2 Å². The van der Waals surface area contributed by atoms with E-state index in [9.17, 15) is 4.39 Å². The summed E-state index contributed by atoms with van der Waals surface area (Å²) in [6.45, 7) is 0. The molecule has 0 spiro atoms. The average molecular weight is 285 g/mol. The Kier molecular flexibility index (Phi) is 3.38. The zero-order valence-electron chi connectivity index (χ0n) is 8.28. The van der Waals surface area contributed by atoms with E-state index in [0.717, 1.165) is 5.56 Å². The van der Waals surface area contributed by atoms with Crippen LogP contribution < -0.4 is 11.3 Å². The lowest BCUT2D eigenvalue weighted by molar-refractivity contribution is 0.537. The van der Waals surface area contributed by atoms with Gasteiger partial charge in [-0.05, 0) is 28.1 Å². The lowest BCUT2D eigenvalue weighted by Gasteiger charge is -2.15. The summed E-state index contributed by atoms with van der Waals surface area (Å²) < 4.78 is 19.2. The van der Waals surface area contributed by atoms with Crippen LogP contribution in [0.15, 0.2) is 45.7 Å². The predicted molar refractivity (Wildman–Crippen MR) is 62.0 cm³/mol. The van der Waals surface area contributed by atoms with Gasteiger partial charge in [0.25, 0.3) is 0 Å². The molecular formula is C11H10BrFN2O. The third-order valence-corrected chi connectivity index (χ3v) is 2.95. The summed E-state index contributed by atoms with van der Waals surface area (Å²) in [7, 11) is 0. The lowest BCUT2D eigenvalue weighted by atomic mass is 10.0.